The van der Waals surface area contributed by atoms with Gasteiger partial charge in [-0.1, -0.05) is 0 Å². The van der Waals surface area contributed by atoms with E-state index in [-0.39, 0.29) is 23.2 Å². The van der Waals surface area contributed by atoms with Crippen molar-refractivity contribution in [2.75, 3.05) is 0 Å². The molecule has 0 bridgehead atoms. The van der Waals surface area contributed by atoms with Crippen LogP contribution in [-0.4, -0.2) is 16.0 Å². The summed E-state index contributed by atoms with van der Waals surface area (Å²) in [5.41, 5.74) is 4.48. The molecular formula is C9H7N3O4. The van der Waals surface area contributed by atoms with E-state index in [4.69, 9.17) is 16.1 Å². The zero-order chi connectivity index (χ0) is 12.3. The largest absolute Gasteiger partial charge is 0.478 e. The SMILES string of the molecule is N#Cc1cc(C(=O)O)c(CN)cc1[N+](=O)[O-]. The first-order chi connectivity index (χ1) is 7.51. The summed E-state index contributed by atoms with van der Waals surface area (Å²) in [7, 11) is 0. The number of benzene rings is 1. The standard InChI is InChI=1S/C9H7N3O4/c10-3-5-2-8(12(15)16)6(4-11)1-7(5)9(13)14/h1-2H,3,10H2,(H,13,14). The van der Waals surface area contributed by atoms with Crippen LogP contribution in [0.1, 0.15) is 21.5 Å². The maximum atomic E-state index is 10.8. The van der Waals surface area contributed by atoms with Crippen molar-refractivity contribution in [1.82, 2.24) is 0 Å². The molecule has 0 aliphatic heterocycles. The van der Waals surface area contributed by atoms with E-state index in [2.05, 4.69) is 0 Å². The lowest BCUT2D eigenvalue weighted by atomic mass is 10.0. The molecule has 0 radical (unpaired) electrons. The lowest BCUT2D eigenvalue weighted by molar-refractivity contribution is -0.385. The van der Waals surface area contributed by atoms with Gasteiger partial charge in [0.05, 0.1) is 10.5 Å². The van der Waals surface area contributed by atoms with Gasteiger partial charge in [0.1, 0.15) is 11.6 Å². The Morgan fingerprint density at radius 3 is 2.62 bits per heavy atom. The number of carbonyl (C=O) groups is 1. The highest BCUT2D eigenvalue weighted by atomic mass is 16.6. The summed E-state index contributed by atoms with van der Waals surface area (Å²) in [4.78, 5) is 20.6. The number of nitriles is 1. The van der Waals surface area contributed by atoms with Crippen molar-refractivity contribution in [3.05, 3.63) is 38.9 Å². The molecule has 0 spiro atoms. The van der Waals surface area contributed by atoms with Crippen molar-refractivity contribution in [2.45, 2.75) is 6.54 Å². The molecule has 1 rings (SSSR count). The van der Waals surface area contributed by atoms with Crippen molar-refractivity contribution in [1.29, 1.82) is 5.26 Å². The summed E-state index contributed by atoms with van der Waals surface area (Å²) in [6, 6.07) is 3.55. The van der Waals surface area contributed by atoms with Gasteiger partial charge in [-0.2, -0.15) is 5.26 Å². The Bertz CT molecular complexity index is 504. The predicted octanol–water partition coefficient (Wildman–Crippen LogP) is 0.623. The molecule has 0 aliphatic carbocycles. The topological polar surface area (TPSA) is 130 Å². The molecule has 0 fully saturated rings. The molecular weight excluding hydrogens is 214 g/mol. The third-order valence-electron chi connectivity index (χ3n) is 1.99. The molecule has 82 valence electrons. The normalized spacial score (nSPS) is 9.50. The molecule has 1 aromatic carbocycles. The molecule has 0 saturated heterocycles. The summed E-state index contributed by atoms with van der Waals surface area (Å²) in [6.45, 7) is -0.145. The van der Waals surface area contributed by atoms with Crippen molar-refractivity contribution in [3.63, 3.8) is 0 Å². The summed E-state index contributed by atoms with van der Waals surface area (Å²) >= 11 is 0. The van der Waals surface area contributed by atoms with Gasteiger partial charge in [-0.05, 0) is 11.6 Å². The number of carboxylic acids is 1. The maximum Gasteiger partial charge on any atom is 0.336 e. The number of carboxylic acid groups (broad SMARTS) is 1. The monoisotopic (exact) mass is 221 g/mol. The second-order valence-electron chi connectivity index (χ2n) is 2.90. The van der Waals surface area contributed by atoms with Gasteiger partial charge in [0.15, 0.2) is 0 Å². The molecule has 0 saturated carbocycles. The number of hydrogen-bond acceptors (Lipinski definition) is 5. The summed E-state index contributed by atoms with van der Waals surface area (Å²) < 4.78 is 0. The molecule has 0 aliphatic rings. The van der Waals surface area contributed by atoms with Crippen LogP contribution >= 0.6 is 0 Å². The minimum Gasteiger partial charge on any atom is -0.478 e. The van der Waals surface area contributed by atoms with Gasteiger partial charge in [0.25, 0.3) is 5.69 Å². The zero-order valence-electron chi connectivity index (χ0n) is 8.01. The molecule has 0 amide bonds. The lowest BCUT2D eigenvalue weighted by Crippen LogP contribution is -2.09. The Kier molecular flexibility index (Phi) is 3.17. The van der Waals surface area contributed by atoms with Crippen LogP contribution < -0.4 is 5.73 Å². The van der Waals surface area contributed by atoms with Crippen LogP contribution in [0.25, 0.3) is 0 Å². The zero-order valence-corrected chi connectivity index (χ0v) is 8.01. The number of nitrogens with zero attached hydrogens (tertiary/aromatic N) is 2. The molecule has 1 aromatic rings. The molecule has 7 nitrogen and oxygen atoms in total. The van der Waals surface area contributed by atoms with Crippen LogP contribution in [-0.2, 0) is 6.54 Å². The third-order valence-corrected chi connectivity index (χ3v) is 1.99. The average Bonchev–Trinajstić information content (AvgIpc) is 2.26. The second-order valence-corrected chi connectivity index (χ2v) is 2.90. The summed E-state index contributed by atoms with van der Waals surface area (Å²) in [5.74, 6) is -1.27. The van der Waals surface area contributed by atoms with Gasteiger partial charge in [0, 0.05) is 12.6 Å². The van der Waals surface area contributed by atoms with Crippen LogP contribution in [0.5, 0.6) is 0 Å². The lowest BCUT2D eigenvalue weighted by Gasteiger charge is -2.04. The predicted molar refractivity (Wildman–Crippen MR) is 52.7 cm³/mol. The van der Waals surface area contributed by atoms with E-state index < -0.39 is 16.6 Å². The van der Waals surface area contributed by atoms with E-state index in [1.54, 1.807) is 6.07 Å². The van der Waals surface area contributed by atoms with Gasteiger partial charge in [0.2, 0.25) is 0 Å². The maximum absolute atomic E-state index is 10.8. The second kappa shape index (κ2) is 4.37. The number of nitrogens with two attached hydrogens (primary N) is 1. The van der Waals surface area contributed by atoms with Crippen LogP contribution in [0, 0.1) is 21.4 Å². The molecule has 7 heteroatoms. The first-order valence-corrected chi connectivity index (χ1v) is 4.16. The minimum absolute atomic E-state index is 0.123. The van der Waals surface area contributed by atoms with E-state index >= 15 is 0 Å². The molecule has 16 heavy (non-hydrogen) atoms. The molecule has 3 N–H and O–H groups in total. The fourth-order valence-electron chi connectivity index (χ4n) is 1.24. The Hall–Kier alpha value is -2.46. The van der Waals surface area contributed by atoms with Crippen molar-refractivity contribution >= 4 is 11.7 Å². The Balaban J connectivity index is 3.54. The Morgan fingerprint density at radius 1 is 1.62 bits per heavy atom. The Labute approximate surface area is 89.9 Å². The first kappa shape index (κ1) is 11.6. The van der Waals surface area contributed by atoms with Crippen molar-refractivity contribution in [3.8, 4) is 6.07 Å². The molecule has 0 aromatic heterocycles. The third kappa shape index (κ3) is 1.97. The highest BCUT2D eigenvalue weighted by Crippen LogP contribution is 2.23. The summed E-state index contributed by atoms with van der Waals surface area (Å²) in [6.07, 6.45) is 0. The highest BCUT2D eigenvalue weighted by molar-refractivity contribution is 5.90. The van der Waals surface area contributed by atoms with E-state index in [1.807, 2.05) is 0 Å². The van der Waals surface area contributed by atoms with Gasteiger partial charge >= 0.3 is 5.97 Å². The van der Waals surface area contributed by atoms with E-state index in [0.29, 0.717) is 0 Å². The summed E-state index contributed by atoms with van der Waals surface area (Å²) in [5, 5.41) is 28.1. The molecule has 0 heterocycles. The number of nitro groups is 1. The fraction of sp³-hybridized carbons (Fsp3) is 0.111. The Morgan fingerprint density at radius 2 is 2.25 bits per heavy atom. The quantitative estimate of drug-likeness (QED) is 0.568. The van der Waals surface area contributed by atoms with E-state index in [1.165, 1.54) is 0 Å². The molecule has 0 atom stereocenters. The number of nitro benzene ring substituents is 1. The number of rotatable bonds is 3. The van der Waals surface area contributed by atoms with Crippen LogP contribution in [0.15, 0.2) is 12.1 Å². The minimum atomic E-state index is -1.27. The van der Waals surface area contributed by atoms with E-state index in [0.717, 1.165) is 12.1 Å². The van der Waals surface area contributed by atoms with Gasteiger partial charge in [-0.25, -0.2) is 4.79 Å². The highest BCUT2D eigenvalue weighted by Gasteiger charge is 2.20. The first-order valence-electron chi connectivity index (χ1n) is 4.16. The number of hydrogen-bond donors (Lipinski definition) is 2. The van der Waals surface area contributed by atoms with E-state index in [9.17, 15) is 14.9 Å². The van der Waals surface area contributed by atoms with Crippen LogP contribution in [0.3, 0.4) is 0 Å². The van der Waals surface area contributed by atoms with Gasteiger partial charge in [-0.3, -0.25) is 10.1 Å². The fourth-order valence-corrected chi connectivity index (χ4v) is 1.24. The molecule has 0 unspecified atom stereocenters. The van der Waals surface area contributed by atoms with Gasteiger partial charge < -0.3 is 10.8 Å². The average molecular weight is 221 g/mol. The van der Waals surface area contributed by atoms with Gasteiger partial charge in [-0.15, -0.1) is 0 Å². The van der Waals surface area contributed by atoms with Crippen molar-refractivity contribution in [2.24, 2.45) is 5.73 Å². The number of aromatic carboxylic acids is 1. The van der Waals surface area contributed by atoms with Crippen LogP contribution in [0.2, 0.25) is 0 Å². The smallest absolute Gasteiger partial charge is 0.336 e. The van der Waals surface area contributed by atoms with Crippen LogP contribution in [0.4, 0.5) is 5.69 Å². The van der Waals surface area contributed by atoms with Crippen molar-refractivity contribution < 1.29 is 14.8 Å².